The van der Waals surface area contributed by atoms with E-state index in [-0.39, 0.29) is 49.2 Å². The molecule has 0 aromatic heterocycles. The van der Waals surface area contributed by atoms with Gasteiger partial charge in [0.25, 0.3) is 0 Å². The van der Waals surface area contributed by atoms with Crippen molar-refractivity contribution < 1.29 is 38.1 Å². The van der Waals surface area contributed by atoms with Crippen LogP contribution in [0.5, 0.6) is 11.5 Å². The Kier molecular flexibility index (Phi) is 12.9. The number of esters is 4. The average molecular weight is 480 g/mol. The highest BCUT2D eigenvalue weighted by molar-refractivity contribution is 5.77. The molecule has 0 fully saturated rings. The van der Waals surface area contributed by atoms with Crippen LogP contribution in [-0.4, -0.2) is 49.7 Å². The largest absolute Gasteiger partial charge is 0.468 e. The number of carbonyl (C=O) groups is 4. The first-order valence-corrected chi connectivity index (χ1v) is 11.7. The summed E-state index contributed by atoms with van der Waals surface area (Å²) < 4.78 is 20.9. The summed E-state index contributed by atoms with van der Waals surface area (Å²) in [6.45, 7) is 9.13. The molecule has 0 aliphatic heterocycles. The molecule has 34 heavy (non-hydrogen) atoms. The van der Waals surface area contributed by atoms with Gasteiger partial charge in [-0.05, 0) is 37.5 Å². The Balaban J connectivity index is 2.94. The zero-order chi connectivity index (χ0) is 25.7. The number of hydrogen-bond acceptors (Lipinski definition) is 9. The normalized spacial score (nSPS) is 13.4. The maximum absolute atomic E-state index is 12.4. The molecule has 0 bridgehead atoms. The summed E-state index contributed by atoms with van der Waals surface area (Å²) in [5, 5.41) is 3.08. The summed E-state index contributed by atoms with van der Waals surface area (Å²) in [6.07, 6.45) is 1.70. The molecule has 0 saturated carbocycles. The SMILES string of the molecule is CCCC(C)C(=O)OC(C)CN[C@@H](Cc1ccc(OC(=O)CC)c(OC(=O)CC)c1)C(=O)OC. The van der Waals surface area contributed by atoms with E-state index < -0.39 is 30.1 Å². The highest BCUT2D eigenvalue weighted by Gasteiger charge is 2.23. The van der Waals surface area contributed by atoms with E-state index in [1.165, 1.54) is 13.2 Å². The summed E-state index contributed by atoms with van der Waals surface area (Å²) in [4.78, 5) is 48.0. The van der Waals surface area contributed by atoms with Gasteiger partial charge in [-0.3, -0.25) is 19.2 Å². The van der Waals surface area contributed by atoms with Crippen molar-refractivity contribution >= 4 is 23.9 Å². The van der Waals surface area contributed by atoms with Gasteiger partial charge >= 0.3 is 23.9 Å². The van der Waals surface area contributed by atoms with Crippen molar-refractivity contribution in [3.8, 4) is 11.5 Å². The smallest absolute Gasteiger partial charge is 0.323 e. The predicted molar refractivity (Wildman–Crippen MR) is 125 cm³/mol. The molecule has 9 heteroatoms. The van der Waals surface area contributed by atoms with Crippen LogP contribution < -0.4 is 14.8 Å². The van der Waals surface area contributed by atoms with Gasteiger partial charge in [-0.25, -0.2) is 0 Å². The Morgan fingerprint density at radius 2 is 1.53 bits per heavy atom. The standard InChI is InChI=1S/C25H37NO8/c1-7-10-16(4)24(29)32-17(5)15-26-19(25(30)31-6)13-18-11-12-20(33-22(27)8-2)21(14-18)34-23(28)9-3/h11-12,14,16-17,19,26H,7-10,13,15H2,1-6H3/t16?,17?,19-/m0/s1. The van der Waals surface area contributed by atoms with Gasteiger partial charge in [0.1, 0.15) is 12.1 Å². The number of carbonyl (C=O) groups excluding carboxylic acids is 4. The molecule has 0 aliphatic carbocycles. The van der Waals surface area contributed by atoms with E-state index in [0.29, 0.717) is 5.56 Å². The number of rotatable bonds is 14. The van der Waals surface area contributed by atoms with Gasteiger partial charge in [-0.2, -0.15) is 0 Å². The van der Waals surface area contributed by atoms with Crippen LogP contribution in [0, 0.1) is 5.92 Å². The summed E-state index contributed by atoms with van der Waals surface area (Å²) in [5.74, 6) is -1.68. The van der Waals surface area contributed by atoms with Crippen LogP contribution in [0.25, 0.3) is 0 Å². The molecule has 2 unspecified atom stereocenters. The Labute approximate surface area is 201 Å². The lowest BCUT2D eigenvalue weighted by molar-refractivity contribution is -0.152. The van der Waals surface area contributed by atoms with Crippen molar-refractivity contribution in [1.29, 1.82) is 0 Å². The maximum Gasteiger partial charge on any atom is 0.323 e. The number of methoxy groups -OCH3 is 1. The highest BCUT2D eigenvalue weighted by Crippen LogP contribution is 2.30. The molecule has 1 aromatic carbocycles. The molecular formula is C25H37NO8. The Bertz CT molecular complexity index is 838. The number of ether oxygens (including phenoxy) is 4. The Morgan fingerprint density at radius 3 is 2.09 bits per heavy atom. The lowest BCUT2D eigenvalue weighted by Gasteiger charge is -2.21. The van der Waals surface area contributed by atoms with Crippen LogP contribution in [-0.2, 0) is 35.1 Å². The van der Waals surface area contributed by atoms with Gasteiger partial charge in [0.2, 0.25) is 0 Å². The van der Waals surface area contributed by atoms with Gasteiger partial charge in [0.05, 0.1) is 13.0 Å². The Hall–Kier alpha value is -2.94. The minimum Gasteiger partial charge on any atom is -0.468 e. The summed E-state index contributed by atoms with van der Waals surface area (Å²) in [6, 6.07) is 4.02. The van der Waals surface area contributed by atoms with E-state index in [1.54, 1.807) is 32.9 Å². The topological polar surface area (TPSA) is 117 Å². The third-order valence-electron chi connectivity index (χ3n) is 5.05. The molecule has 1 aromatic rings. The van der Waals surface area contributed by atoms with E-state index in [1.807, 2.05) is 13.8 Å². The van der Waals surface area contributed by atoms with Crippen molar-refractivity contribution in [2.75, 3.05) is 13.7 Å². The molecule has 1 rings (SSSR count). The van der Waals surface area contributed by atoms with Crippen LogP contribution in [0.15, 0.2) is 18.2 Å². The van der Waals surface area contributed by atoms with Crippen LogP contribution >= 0.6 is 0 Å². The monoisotopic (exact) mass is 479 g/mol. The third kappa shape index (κ3) is 9.91. The second-order valence-electron chi connectivity index (χ2n) is 8.06. The minimum absolute atomic E-state index is 0.0991. The fraction of sp³-hybridized carbons (Fsp3) is 0.600. The number of hydrogen-bond donors (Lipinski definition) is 1. The second kappa shape index (κ2) is 15.1. The van der Waals surface area contributed by atoms with Crippen LogP contribution in [0.1, 0.15) is 65.9 Å². The molecule has 0 spiro atoms. The third-order valence-corrected chi connectivity index (χ3v) is 5.05. The van der Waals surface area contributed by atoms with Gasteiger partial charge < -0.3 is 24.3 Å². The molecule has 3 atom stereocenters. The molecule has 0 saturated heterocycles. The van der Waals surface area contributed by atoms with E-state index in [2.05, 4.69) is 5.32 Å². The van der Waals surface area contributed by atoms with Gasteiger partial charge in [-0.15, -0.1) is 0 Å². The van der Waals surface area contributed by atoms with Crippen LogP contribution in [0.3, 0.4) is 0 Å². The van der Waals surface area contributed by atoms with Gasteiger partial charge in [0.15, 0.2) is 11.5 Å². The van der Waals surface area contributed by atoms with Crippen molar-refractivity contribution in [3.63, 3.8) is 0 Å². The lowest BCUT2D eigenvalue weighted by Crippen LogP contribution is -2.43. The van der Waals surface area contributed by atoms with E-state index in [0.717, 1.165) is 12.8 Å². The summed E-state index contributed by atoms with van der Waals surface area (Å²) >= 11 is 0. The quantitative estimate of drug-likeness (QED) is 0.316. The van der Waals surface area contributed by atoms with E-state index in [9.17, 15) is 19.2 Å². The number of nitrogens with one attached hydrogen (secondary N) is 1. The van der Waals surface area contributed by atoms with Gasteiger partial charge in [-0.1, -0.05) is 40.2 Å². The molecule has 0 aliphatic rings. The molecule has 190 valence electrons. The van der Waals surface area contributed by atoms with Crippen LogP contribution in [0.4, 0.5) is 0 Å². The fourth-order valence-corrected chi connectivity index (χ4v) is 3.07. The molecule has 0 amide bonds. The maximum atomic E-state index is 12.4. The predicted octanol–water partition coefficient (Wildman–Crippen LogP) is 3.36. The zero-order valence-corrected chi connectivity index (χ0v) is 21.0. The van der Waals surface area contributed by atoms with Crippen molar-refractivity contribution in [3.05, 3.63) is 23.8 Å². The minimum atomic E-state index is -0.738. The van der Waals surface area contributed by atoms with Crippen LogP contribution in [0.2, 0.25) is 0 Å². The first kappa shape index (κ1) is 29.1. The first-order valence-electron chi connectivity index (χ1n) is 11.7. The first-order chi connectivity index (χ1) is 16.1. The highest BCUT2D eigenvalue weighted by atomic mass is 16.6. The van der Waals surface area contributed by atoms with Crippen molar-refractivity contribution in [1.82, 2.24) is 5.32 Å². The van der Waals surface area contributed by atoms with Crippen molar-refractivity contribution in [2.24, 2.45) is 5.92 Å². The molecular weight excluding hydrogens is 442 g/mol. The number of benzene rings is 1. The lowest BCUT2D eigenvalue weighted by atomic mass is 10.0. The summed E-state index contributed by atoms with van der Waals surface area (Å²) in [5.41, 5.74) is 0.652. The van der Waals surface area contributed by atoms with Crippen molar-refractivity contribution in [2.45, 2.75) is 78.9 Å². The van der Waals surface area contributed by atoms with Gasteiger partial charge in [0, 0.05) is 19.4 Å². The second-order valence-corrected chi connectivity index (χ2v) is 8.06. The molecule has 9 nitrogen and oxygen atoms in total. The van der Waals surface area contributed by atoms with E-state index in [4.69, 9.17) is 18.9 Å². The molecule has 0 radical (unpaired) electrons. The fourth-order valence-electron chi connectivity index (χ4n) is 3.07. The summed E-state index contributed by atoms with van der Waals surface area (Å²) in [7, 11) is 1.29. The van der Waals surface area contributed by atoms with E-state index >= 15 is 0 Å². The molecule has 0 heterocycles. The molecule has 1 N–H and O–H groups in total. The average Bonchev–Trinajstić information content (AvgIpc) is 2.82. The zero-order valence-electron chi connectivity index (χ0n) is 21.0. The Morgan fingerprint density at radius 1 is 0.912 bits per heavy atom.